The summed E-state index contributed by atoms with van der Waals surface area (Å²) in [6, 6.07) is 28.1. The lowest BCUT2D eigenvalue weighted by atomic mass is 9.55. The van der Waals surface area contributed by atoms with Crippen LogP contribution in [0.15, 0.2) is 91.0 Å². The molecule has 218 valence electrons. The van der Waals surface area contributed by atoms with Gasteiger partial charge < -0.3 is 9.64 Å². The average Bonchev–Trinajstić information content (AvgIpc) is 3.55. The van der Waals surface area contributed by atoms with Crippen LogP contribution in [0.4, 0.5) is 11.4 Å². The Morgan fingerprint density at radius 2 is 1.34 bits per heavy atom. The van der Waals surface area contributed by atoms with Crippen LogP contribution in [0.25, 0.3) is 0 Å². The number of anilines is 2. The highest BCUT2D eigenvalue weighted by Gasteiger charge is 2.61. The molecule has 2 heterocycles. The molecule has 3 atom stereocenters. The summed E-state index contributed by atoms with van der Waals surface area (Å²) in [6.45, 7) is 2.01. The van der Waals surface area contributed by atoms with Crippen LogP contribution in [0, 0.1) is 24.7 Å². The maximum Gasteiger partial charge on any atom is 0.316 e. The van der Waals surface area contributed by atoms with E-state index in [9.17, 15) is 19.2 Å². The van der Waals surface area contributed by atoms with E-state index in [1.807, 2.05) is 31.2 Å². The molecule has 0 aromatic heterocycles. The Labute approximate surface area is 259 Å². The van der Waals surface area contributed by atoms with Crippen LogP contribution < -0.4 is 14.5 Å². The first kappa shape index (κ1) is 26.8. The zero-order chi connectivity index (χ0) is 30.3. The van der Waals surface area contributed by atoms with E-state index in [2.05, 4.69) is 24.3 Å². The molecular formula is C36H27ClN2O5. The summed E-state index contributed by atoms with van der Waals surface area (Å²) in [4.78, 5) is 57.1. The minimum atomic E-state index is -0.671. The molecule has 0 radical (unpaired) electrons. The van der Waals surface area contributed by atoms with E-state index in [0.717, 1.165) is 27.8 Å². The largest absolute Gasteiger partial charge is 0.426 e. The second-order valence-corrected chi connectivity index (χ2v) is 12.4. The molecule has 0 spiro atoms. The second-order valence-electron chi connectivity index (χ2n) is 12.0. The van der Waals surface area contributed by atoms with E-state index < -0.39 is 23.7 Å². The van der Waals surface area contributed by atoms with Crippen molar-refractivity contribution >= 4 is 46.7 Å². The highest BCUT2D eigenvalue weighted by atomic mass is 35.5. The smallest absolute Gasteiger partial charge is 0.316 e. The van der Waals surface area contributed by atoms with Crippen molar-refractivity contribution in [2.45, 2.75) is 25.2 Å². The fourth-order valence-corrected chi connectivity index (χ4v) is 7.97. The first-order valence-electron chi connectivity index (χ1n) is 14.8. The number of hydrogen-bond acceptors (Lipinski definition) is 5. The van der Waals surface area contributed by atoms with Gasteiger partial charge in [-0.2, -0.15) is 0 Å². The quantitative estimate of drug-likeness (QED) is 0.162. The molecule has 0 saturated carbocycles. The monoisotopic (exact) mass is 602 g/mol. The number of amides is 3. The van der Waals surface area contributed by atoms with Gasteiger partial charge in [-0.15, -0.1) is 0 Å². The van der Waals surface area contributed by atoms with Gasteiger partial charge in [-0.1, -0.05) is 72.3 Å². The molecule has 9 rings (SSSR count). The second kappa shape index (κ2) is 9.89. The van der Waals surface area contributed by atoms with Crippen molar-refractivity contribution in [3.63, 3.8) is 0 Å². The lowest BCUT2D eigenvalue weighted by Gasteiger charge is -2.45. The van der Waals surface area contributed by atoms with Crippen molar-refractivity contribution in [1.82, 2.24) is 0 Å². The Hall–Kier alpha value is -4.75. The SMILES string of the molecule is Cc1c(Cl)cccc1N1C[C@H](C(=O)Oc2cccc(N3C(=O)[C@@H]4C5c6ccccc6C(c6ccccc65)[C@H]4C3=O)c2)CC1=O. The van der Waals surface area contributed by atoms with Gasteiger partial charge in [0.2, 0.25) is 17.7 Å². The van der Waals surface area contributed by atoms with Crippen LogP contribution in [-0.2, 0) is 19.2 Å². The fraction of sp³-hybridized carbons (Fsp3) is 0.222. The molecule has 0 N–H and O–H groups in total. The minimum absolute atomic E-state index is 0.0147. The van der Waals surface area contributed by atoms with Crippen LogP contribution in [0.5, 0.6) is 5.75 Å². The molecule has 2 bridgehead atoms. The third-order valence-corrected chi connectivity index (χ3v) is 10.1. The van der Waals surface area contributed by atoms with Crippen molar-refractivity contribution in [2.75, 3.05) is 16.3 Å². The summed E-state index contributed by atoms with van der Waals surface area (Å²) in [5, 5.41) is 0.546. The van der Waals surface area contributed by atoms with Crippen molar-refractivity contribution < 1.29 is 23.9 Å². The molecular weight excluding hydrogens is 576 g/mol. The first-order chi connectivity index (χ1) is 21.3. The van der Waals surface area contributed by atoms with E-state index in [-0.39, 0.29) is 48.3 Å². The van der Waals surface area contributed by atoms with Crippen LogP contribution >= 0.6 is 11.6 Å². The molecule has 7 nitrogen and oxygen atoms in total. The zero-order valence-electron chi connectivity index (χ0n) is 23.8. The lowest BCUT2D eigenvalue weighted by Crippen LogP contribution is -2.41. The fourth-order valence-electron chi connectivity index (χ4n) is 7.80. The lowest BCUT2D eigenvalue weighted by molar-refractivity contribution is -0.139. The normalized spacial score (nSPS) is 24.8. The summed E-state index contributed by atoms with van der Waals surface area (Å²) in [5.74, 6) is -3.09. The molecule has 0 unspecified atom stereocenters. The van der Waals surface area contributed by atoms with Gasteiger partial charge in [0.15, 0.2) is 0 Å². The van der Waals surface area contributed by atoms with E-state index in [1.165, 1.54) is 4.90 Å². The molecule has 2 aliphatic heterocycles. The van der Waals surface area contributed by atoms with Crippen molar-refractivity contribution in [3.8, 4) is 5.75 Å². The number of hydrogen-bond donors (Lipinski definition) is 0. The summed E-state index contributed by atoms with van der Waals surface area (Å²) in [6.07, 6.45) is 0.0147. The Kier molecular flexibility index (Phi) is 6.04. The van der Waals surface area contributed by atoms with Crippen molar-refractivity contribution in [3.05, 3.63) is 124 Å². The van der Waals surface area contributed by atoms with E-state index in [0.29, 0.717) is 16.4 Å². The Morgan fingerprint density at radius 3 is 1.93 bits per heavy atom. The number of halogens is 1. The predicted octanol–water partition coefficient (Wildman–Crippen LogP) is 6.00. The predicted molar refractivity (Wildman–Crippen MR) is 165 cm³/mol. The maximum absolute atomic E-state index is 14.1. The Morgan fingerprint density at radius 1 is 0.773 bits per heavy atom. The van der Waals surface area contributed by atoms with E-state index >= 15 is 0 Å². The Bertz CT molecular complexity index is 1800. The highest BCUT2D eigenvalue weighted by Crippen LogP contribution is 2.61. The number of carbonyl (C=O) groups is 4. The Balaban J connectivity index is 1.06. The van der Waals surface area contributed by atoms with Gasteiger partial charge in [0.25, 0.3) is 0 Å². The number of esters is 1. The van der Waals surface area contributed by atoms with Crippen LogP contribution in [0.3, 0.4) is 0 Å². The number of imide groups is 1. The highest BCUT2D eigenvalue weighted by molar-refractivity contribution is 6.31. The molecule has 44 heavy (non-hydrogen) atoms. The molecule has 8 heteroatoms. The van der Waals surface area contributed by atoms with Crippen molar-refractivity contribution in [2.24, 2.45) is 17.8 Å². The van der Waals surface area contributed by atoms with E-state index in [4.69, 9.17) is 16.3 Å². The van der Waals surface area contributed by atoms with E-state index in [1.54, 1.807) is 47.4 Å². The molecule has 4 aromatic rings. The van der Waals surface area contributed by atoms with Gasteiger partial charge >= 0.3 is 5.97 Å². The maximum atomic E-state index is 14.1. The zero-order valence-corrected chi connectivity index (χ0v) is 24.5. The van der Waals surface area contributed by atoms with Gasteiger partial charge in [0.05, 0.1) is 23.4 Å². The van der Waals surface area contributed by atoms with Gasteiger partial charge in [-0.25, -0.2) is 4.90 Å². The third-order valence-electron chi connectivity index (χ3n) is 9.73. The van der Waals surface area contributed by atoms with Crippen molar-refractivity contribution in [1.29, 1.82) is 0 Å². The molecule has 2 fully saturated rings. The molecule has 3 aliphatic carbocycles. The number of rotatable bonds is 4. The molecule has 3 amide bonds. The topological polar surface area (TPSA) is 84.0 Å². The number of ether oxygens (including phenoxy) is 1. The van der Waals surface area contributed by atoms with Gasteiger partial charge in [-0.3, -0.25) is 19.2 Å². The standard InChI is InChI=1S/C36H27ClN2O5/c1-19-27(37)14-7-15-28(19)38-18-20(16-29(38)40)36(43)44-22-9-6-8-21(17-22)39-34(41)32-30-23-10-2-3-11-24(23)31(33(32)35(39)42)26-13-5-4-12-25(26)30/h2-15,17,20,30-33H,16,18H2,1H3/t20-,30?,31?,32-,33-/m1/s1. The summed E-state index contributed by atoms with van der Waals surface area (Å²) in [5.41, 5.74) is 6.24. The number of carbonyl (C=O) groups excluding carboxylic acids is 4. The first-order valence-corrected chi connectivity index (χ1v) is 15.1. The molecule has 4 aromatic carbocycles. The van der Waals surface area contributed by atoms with Crippen LogP contribution in [-0.4, -0.2) is 30.2 Å². The van der Waals surface area contributed by atoms with Gasteiger partial charge in [0, 0.05) is 41.6 Å². The van der Waals surface area contributed by atoms with Gasteiger partial charge in [0.1, 0.15) is 5.75 Å². The van der Waals surface area contributed by atoms with Gasteiger partial charge in [-0.05, 0) is 59.0 Å². The average molecular weight is 603 g/mol. The number of benzene rings is 4. The summed E-state index contributed by atoms with van der Waals surface area (Å²) >= 11 is 6.26. The summed E-state index contributed by atoms with van der Waals surface area (Å²) in [7, 11) is 0. The van der Waals surface area contributed by atoms with Crippen LogP contribution in [0.2, 0.25) is 5.02 Å². The number of nitrogens with zero attached hydrogens (tertiary/aromatic N) is 2. The third kappa shape index (κ3) is 3.82. The van der Waals surface area contributed by atoms with Crippen LogP contribution in [0.1, 0.15) is 46.1 Å². The summed E-state index contributed by atoms with van der Waals surface area (Å²) < 4.78 is 5.74. The minimum Gasteiger partial charge on any atom is -0.426 e. The molecule has 5 aliphatic rings. The molecule has 2 saturated heterocycles.